The number of hydrogen-bond donors (Lipinski definition) is 0. The van der Waals surface area contributed by atoms with Crippen molar-refractivity contribution in [1.29, 1.82) is 0 Å². The van der Waals surface area contributed by atoms with E-state index in [2.05, 4.69) is 23.7 Å². The van der Waals surface area contributed by atoms with E-state index in [0.717, 1.165) is 25.9 Å². The van der Waals surface area contributed by atoms with E-state index in [1.165, 1.54) is 5.06 Å². The van der Waals surface area contributed by atoms with Gasteiger partial charge in [-0.1, -0.05) is 44.2 Å². The summed E-state index contributed by atoms with van der Waals surface area (Å²) in [7, 11) is 0. The van der Waals surface area contributed by atoms with Crippen molar-refractivity contribution in [1.82, 2.24) is 9.96 Å². The van der Waals surface area contributed by atoms with Crippen molar-refractivity contribution in [3.8, 4) is 0 Å². The van der Waals surface area contributed by atoms with Crippen LogP contribution < -0.4 is 0 Å². The Hall–Kier alpha value is -1.60. The van der Waals surface area contributed by atoms with Crippen molar-refractivity contribution < 1.29 is 18.0 Å². The van der Waals surface area contributed by atoms with Gasteiger partial charge in [0, 0.05) is 6.54 Å². The Morgan fingerprint density at radius 2 is 1.76 bits per heavy atom. The molecule has 0 aliphatic carbocycles. The molecule has 0 saturated carbocycles. The van der Waals surface area contributed by atoms with Gasteiger partial charge in [0.05, 0.1) is 6.04 Å². The Morgan fingerprint density at radius 1 is 1.16 bits per heavy atom. The Bertz CT molecular complexity index is 556. The number of hydroxylamine groups is 2. The van der Waals surface area contributed by atoms with Gasteiger partial charge < -0.3 is 9.74 Å². The second kappa shape index (κ2) is 8.67. The van der Waals surface area contributed by atoms with Gasteiger partial charge in [0.1, 0.15) is 0 Å². The summed E-state index contributed by atoms with van der Waals surface area (Å²) in [5.41, 5.74) is 0.686. The number of nitrogens with zero attached hydrogens (tertiary/aromatic N) is 3. The van der Waals surface area contributed by atoms with Crippen LogP contribution in [-0.2, 0) is 4.84 Å². The summed E-state index contributed by atoms with van der Waals surface area (Å²) in [4.78, 5) is 11.2. The predicted molar refractivity (Wildman–Crippen MR) is 92.1 cm³/mol. The molecule has 1 aliphatic heterocycles. The van der Waals surface area contributed by atoms with E-state index in [1.807, 2.05) is 13.0 Å². The zero-order chi connectivity index (χ0) is 18.4. The highest BCUT2D eigenvalue weighted by atomic mass is 19.4. The van der Waals surface area contributed by atoms with Crippen LogP contribution in [0.25, 0.3) is 0 Å². The highest BCUT2D eigenvalue weighted by Gasteiger charge is 2.47. The number of rotatable bonds is 8. The average molecular weight is 357 g/mol. The van der Waals surface area contributed by atoms with Gasteiger partial charge in [0.25, 0.3) is 0 Å². The quantitative estimate of drug-likeness (QED) is 0.690. The molecule has 2 rings (SSSR count). The molecule has 7 heteroatoms. The Labute approximate surface area is 147 Å². The topological polar surface area (TPSA) is 28.1 Å². The van der Waals surface area contributed by atoms with Gasteiger partial charge in [-0.3, -0.25) is 0 Å². The van der Waals surface area contributed by atoms with Gasteiger partial charge in [0.2, 0.25) is 0 Å². The van der Waals surface area contributed by atoms with Crippen molar-refractivity contribution in [3.05, 3.63) is 35.9 Å². The highest BCUT2D eigenvalue weighted by molar-refractivity contribution is 5.82. The first-order valence-electron chi connectivity index (χ1n) is 8.75. The first-order chi connectivity index (χ1) is 11.9. The van der Waals surface area contributed by atoms with Gasteiger partial charge >= 0.3 is 12.1 Å². The molecule has 0 N–H and O–H groups in total. The molecule has 0 aromatic heterocycles. The fraction of sp³-hybridized carbons (Fsp3) is 0.611. The van der Waals surface area contributed by atoms with Crippen LogP contribution in [0, 0.1) is 0 Å². The third-order valence-electron chi connectivity index (χ3n) is 4.05. The molecule has 1 heterocycles. The van der Waals surface area contributed by atoms with Gasteiger partial charge in [-0.15, -0.1) is 5.06 Å². The van der Waals surface area contributed by atoms with E-state index in [-0.39, 0.29) is 6.04 Å². The number of aliphatic imine (C=N–C) groups is 1. The second-order valence-corrected chi connectivity index (χ2v) is 6.32. The van der Waals surface area contributed by atoms with Crippen LogP contribution in [-0.4, -0.2) is 47.7 Å². The third-order valence-corrected chi connectivity index (χ3v) is 4.05. The monoisotopic (exact) mass is 357 g/mol. The molecule has 4 nitrogen and oxygen atoms in total. The number of hydrogen-bond acceptors (Lipinski definition) is 4. The zero-order valence-corrected chi connectivity index (χ0v) is 15.0. The summed E-state index contributed by atoms with van der Waals surface area (Å²) >= 11 is 0. The fourth-order valence-corrected chi connectivity index (χ4v) is 3.02. The van der Waals surface area contributed by atoms with Crippen molar-refractivity contribution in [3.63, 3.8) is 0 Å². The van der Waals surface area contributed by atoms with Gasteiger partial charge in [0.15, 0.2) is 6.17 Å². The maximum absolute atomic E-state index is 13.1. The lowest BCUT2D eigenvalue weighted by Gasteiger charge is -2.32. The molecule has 0 fully saturated rings. The molecule has 1 aromatic rings. The van der Waals surface area contributed by atoms with E-state index >= 15 is 0 Å². The van der Waals surface area contributed by atoms with Crippen LogP contribution in [0.3, 0.4) is 0 Å². The smallest absolute Gasteiger partial charge is 0.378 e. The summed E-state index contributed by atoms with van der Waals surface area (Å²) in [6.07, 6.45) is -3.37. The summed E-state index contributed by atoms with van der Waals surface area (Å²) in [6.45, 7) is 8.52. The zero-order valence-electron chi connectivity index (χ0n) is 15.0. The molecule has 25 heavy (non-hydrogen) atoms. The molecular weight excluding hydrogens is 331 g/mol. The highest BCUT2D eigenvalue weighted by Crippen LogP contribution is 2.35. The maximum atomic E-state index is 13.1. The minimum Gasteiger partial charge on any atom is -0.378 e. The van der Waals surface area contributed by atoms with E-state index < -0.39 is 18.2 Å². The lowest BCUT2D eigenvalue weighted by atomic mass is 10.1. The van der Waals surface area contributed by atoms with Crippen molar-refractivity contribution in [2.24, 2.45) is 4.99 Å². The molecule has 0 amide bonds. The van der Waals surface area contributed by atoms with Crippen LogP contribution in [0.1, 0.15) is 45.3 Å². The SMILES string of the molecule is CCCN(CCC)CC(C)N1OC(C(F)(F)F)=N[C@H]1c1ccccc1. The molecular formula is C18H26F3N3O. The standard InChI is InChI=1S/C18H26F3N3O/c1-4-11-23(12-5-2)13-14(3)24-16(15-9-7-6-8-10-15)22-17(25-24)18(19,20)21/h6-10,14,16H,4-5,11-13H2,1-3H3/t14?,16-/m1/s1. The van der Waals surface area contributed by atoms with Crippen molar-refractivity contribution >= 4 is 5.90 Å². The van der Waals surface area contributed by atoms with E-state index in [0.29, 0.717) is 12.1 Å². The van der Waals surface area contributed by atoms with E-state index in [1.54, 1.807) is 24.3 Å². The maximum Gasteiger partial charge on any atom is 0.470 e. The normalized spacial score (nSPS) is 19.8. The Balaban J connectivity index is 2.19. The molecule has 0 bridgehead atoms. The molecule has 1 unspecified atom stereocenters. The van der Waals surface area contributed by atoms with Crippen LogP contribution in [0.15, 0.2) is 35.3 Å². The minimum absolute atomic E-state index is 0.230. The van der Waals surface area contributed by atoms with Crippen LogP contribution in [0.5, 0.6) is 0 Å². The van der Waals surface area contributed by atoms with E-state index in [9.17, 15) is 13.2 Å². The lowest BCUT2D eigenvalue weighted by Crippen LogP contribution is -2.43. The molecule has 2 atom stereocenters. The van der Waals surface area contributed by atoms with E-state index in [4.69, 9.17) is 4.84 Å². The summed E-state index contributed by atoms with van der Waals surface area (Å²) < 4.78 is 39.3. The average Bonchev–Trinajstić information content (AvgIpc) is 3.02. The van der Waals surface area contributed by atoms with Crippen molar-refractivity contribution in [2.75, 3.05) is 19.6 Å². The fourth-order valence-electron chi connectivity index (χ4n) is 3.02. The summed E-state index contributed by atoms with van der Waals surface area (Å²) in [5, 5.41) is 1.37. The lowest BCUT2D eigenvalue weighted by molar-refractivity contribution is -0.155. The minimum atomic E-state index is -4.59. The first-order valence-corrected chi connectivity index (χ1v) is 8.75. The molecule has 1 aromatic carbocycles. The predicted octanol–water partition coefficient (Wildman–Crippen LogP) is 4.40. The van der Waals surface area contributed by atoms with Crippen LogP contribution in [0.4, 0.5) is 13.2 Å². The molecule has 140 valence electrons. The largest absolute Gasteiger partial charge is 0.470 e. The molecule has 0 spiro atoms. The van der Waals surface area contributed by atoms with Crippen LogP contribution >= 0.6 is 0 Å². The number of halogens is 3. The second-order valence-electron chi connectivity index (χ2n) is 6.32. The third kappa shape index (κ3) is 5.19. The molecule has 0 saturated heterocycles. The Morgan fingerprint density at radius 3 is 2.28 bits per heavy atom. The summed E-state index contributed by atoms with van der Waals surface area (Å²) in [5.74, 6) is -1.18. The van der Waals surface area contributed by atoms with Crippen LogP contribution in [0.2, 0.25) is 0 Å². The van der Waals surface area contributed by atoms with Gasteiger partial charge in [-0.2, -0.15) is 13.2 Å². The number of alkyl halides is 3. The molecule has 0 radical (unpaired) electrons. The van der Waals surface area contributed by atoms with Crippen molar-refractivity contribution in [2.45, 2.75) is 52.0 Å². The first kappa shape index (κ1) is 19.7. The summed E-state index contributed by atoms with van der Waals surface area (Å²) in [6, 6.07) is 8.72. The molecule has 1 aliphatic rings. The van der Waals surface area contributed by atoms with Gasteiger partial charge in [-0.25, -0.2) is 4.99 Å². The number of benzene rings is 1. The Kier molecular flexibility index (Phi) is 6.84. The van der Waals surface area contributed by atoms with Gasteiger partial charge in [-0.05, 0) is 38.4 Å².